The molecule has 0 bridgehead atoms. The minimum absolute atomic E-state index is 0.718. The molecule has 0 aliphatic carbocycles. The number of hydrogen-bond donors (Lipinski definition) is 0. The first-order valence-corrected chi connectivity index (χ1v) is 7.80. The van der Waals surface area contributed by atoms with Crippen LogP contribution in [-0.4, -0.2) is 65.2 Å². The Hall–Kier alpha value is -1.03. The second-order valence-corrected chi connectivity index (χ2v) is 6.95. The van der Waals surface area contributed by atoms with Gasteiger partial charge >= 0.3 is 58.6 Å². The van der Waals surface area contributed by atoms with E-state index in [0.29, 0.717) is 0 Å². The van der Waals surface area contributed by atoms with Gasteiger partial charge < -0.3 is 4.74 Å². The molecule has 206 valence electrons. The van der Waals surface area contributed by atoms with Crippen LogP contribution in [0.4, 0.5) is 92.2 Å². The first kappa shape index (κ1) is 33.0. The third-order valence-electron chi connectivity index (χ3n) is 3.55. The van der Waals surface area contributed by atoms with Crippen molar-refractivity contribution in [2.24, 2.45) is 0 Å². The summed E-state index contributed by atoms with van der Waals surface area (Å²) in [6.07, 6.45) is -14.3. The van der Waals surface area contributed by atoms with Gasteiger partial charge in [-0.3, -0.25) is 0 Å². The zero-order valence-electron chi connectivity index (χ0n) is 14.4. The minimum Gasteiger partial charge on any atom is -0.308 e. The second-order valence-electron chi connectivity index (χ2n) is 5.95. The maximum absolute atomic E-state index is 13.3. The molecule has 0 aliphatic heterocycles. The molecule has 1 nitrogen and oxygen atoms in total. The van der Waals surface area contributed by atoms with E-state index in [-0.39, 0.29) is 0 Å². The van der Waals surface area contributed by atoms with Crippen molar-refractivity contribution in [3.05, 3.63) is 0 Å². The van der Waals surface area contributed by atoms with Crippen LogP contribution in [0.1, 0.15) is 0 Å². The molecule has 0 fully saturated rings. The highest BCUT2D eigenvalue weighted by molar-refractivity contribution is 9.10. The number of ether oxygens (including phenoxy) is 1. The van der Waals surface area contributed by atoms with E-state index in [2.05, 4.69) is 4.74 Å². The number of rotatable bonds is 10. The van der Waals surface area contributed by atoms with E-state index in [9.17, 15) is 92.2 Å². The average molecular weight is 629 g/mol. The standard InChI is InChI=1S/C11H2BrF21O/c12-9(27,28)11(32,33)34-1-2(13,14)3(15,16)4(17,18)5(19,20)6(21,22)7(23,24)8(25,26)10(29,30)31/h1H2. The summed E-state index contributed by atoms with van der Waals surface area (Å²) in [5.41, 5.74) is 0. The van der Waals surface area contributed by atoms with E-state index in [0.717, 1.165) is 15.9 Å². The Morgan fingerprint density at radius 1 is 0.412 bits per heavy atom. The fraction of sp³-hybridized carbons (Fsp3) is 1.00. The van der Waals surface area contributed by atoms with Gasteiger partial charge in [-0.1, -0.05) is 0 Å². The van der Waals surface area contributed by atoms with Gasteiger partial charge in [0.25, 0.3) is 0 Å². The molecule has 0 aliphatic rings. The lowest BCUT2D eigenvalue weighted by molar-refractivity contribution is -0.464. The van der Waals surface area contributed by atoms with E-state index in [1.165, 1.54) is 0 Å². The molecule has 23 heteroatoms. The largest absolute Gasteiger partial charge is 0.460 e. The van der Waals surface area contributed by atoms with Crippen LogP contribution in [0.3, 0.4) is 0 Å². The van der Waals surface area contributed by atoms with Gasteiger partial charge in [-0.05, 0) is 0 Å². The molecule has 0 heterocycles. The van der Waals surface area contributed by atoms with Crippen molar-refractivity contribution in [2.45, 2.75) is 58.6 Å². The molecule has 0 saturated heterocycles. The molecule has 0 aromatic carbocycles. The molecule has 0 amide bonds. The normalized spacial score (nSPS) is 16.8. The number of halogens is 22. The lowest BCUT2D eigenvalue weighted by Gasteiger charge is -2.42. The summed E-state index contributed by atoms with van der Waals surface area (Å²) in [6.45, 7) is -4.17. The van der Waals surface area contributed by atoms with E-state index in [4.69, 9.17) is 0 Å². The van der Waals surface area contributed by atoms with Gasteiger partial charge in [0.1, 0.15) is 6.61 Å². The Labute approximate surface area is 179 Å². The molecular formula is C11H2BrF21O. The summed E-state index contributed by atoms with van der Waals surface area (Å²) in [4.78, 5) is -5.75. The van der Waals surface area contributed by atoms with Crippen molar-refractivity contribution in [2.75, 3.05) is 6.61 Å². The Balaban J connectivity index is 6.56. The zero-order valence-corrected chi connectivity index (χ0v) is 16.0. The maximum Gasteiger partial charge on any atom is 0.460 e. The second kappa shape index (κ2) is 8.25. The molecular weight excluding hydrogens is 627 g/mol. The fourth-order valence-corrected chi connectivity index (χ4v) is 1.66. The Kier molecular flexibility index (Phi) is 8.00. The summed E-state index contributed by atoms with van der Waals surface area (Å²) in [5, 5.41) is 0. The first-order chi connectivity index (χ1) is 14.2. The molecule has 0 radical (unpaired) electrons. The van der Waals surface area contributed by atoms with Crippen molar-refractivity contribution in [1.82, 2.24) is 0 Å². The van der Waals surface area contributed by atoms with Gasteiger partial charge in [0.2, 0.25) is 0 Å². The van der Waals surface area contributed by atoms with Crippen LogP contribution < -0.4 is 0 Å². The van der Waals surface area contributed by atoms with E-state index >= 15 is 0 Å². The third-order valence-corrected chi connectivity index (χ3v) is 4.01. The zero-order chi connectivity index (χ0) is 28.4. The summed E-state index contributed by atoms with van der Waals surface area (Å²) in [6, 6.07) is 0. The molecule has 34 heavy (non-hydrogen) atoms. The highest BCUT2D eigenvalue weighted by atomic mass is 79.9. The van der Waals surface area contributed by atoms with Crippen molar-refractivity contribution < 1.29 is 96.9 Å². The van der Waals surface area contributed by atoms with E-state index < -0.39 is 65.2 Å². The minimum atomic E-state index is -8.92. The average Bonchev–Trinajstić information content (AvgIpc) is 2.57. The Morgan fingerprint density at radius 2 is 0.676 bits per heavy atom. The van der Waals surface area contributed by atoms with Gasteiger partial charge in [-0.25, -0.2) is 0 Å². The maximum atomic E-state index is 13.3. The first-order valence-electron chi connectivity index (χ1n) is 7.00. The van der Waals surface area contributed by atoms with Crippen molar-refractivity contribution in [1.29, 1.82) is 0 Å². The lowest BCUT2D eigenvalue weighted by Crippen LogP contribution is -2.74. The van der Waals surface area contributed by atoms with Crippen LogP contribution in [0.2, 0.25) is 0 Å². The van der Waals surface area contributed by atoms with Crippen molar-refractivity contribution in [3.8, 4) is 0 Å². The smallest absolute Gasteiger partial charge is 0.308 e. The summed E-state index contributed by atoms with van der Waals surface area (Å²) in [7, 11) is 0. The molecule has 0 aromatic heterocycles. The monoisotopic (exact) mass is 628 g/mol. The molecule has 0 atom stereocenters. The fourth-order valence-electron chi connectivity index (χ4n) is 1.55. The third kappa shape index (κ3) is 4.58. The summed E-state index contributed by atoms with van der Waals surface area (Å²) in [5.74, 6) is -59.4. The topological polar surface area (TPSA) is 9.23 Å². The van der Waals surface area contributed by atoms with Gasteiger partial charge in [0.05, 0.1) is 0 Å². The predicted molar refractivity (Wildman–Crippen MR) is 65.5 cm³/mol. The molecule has 0 rings (SSSR count). The molecule has 0 unspecified atom stereocenters. The highest BCUT2D eigenvalue weighted by Gasteiger charge is 2.95. The molecule has 0 aromatic rings. The molecule has 0 N–H and O–H groups in total. The quantitative estimate of drug-likeness (QED) is 0.179. The van der Waals surface area contributed by atoms with Gasteiger partial charge in [-0.2, -0.15) is 92.2 Å². The van der Waals surface area contributed by atoms with Gasteiger partial charge in [0, 0.05) is 15.9 Å². The number of alkyl halides is 22. The van der Waals surface area contributed by atoms with Gasteiger partial charge in [-0.15, -0.1) is 0 Å². The van der Waals surface area contributed by atoms with Crippen LogP contribution in [-0.2, 0) is 4.74 Å². The van der Waals surface area contributed by atoms with Crippen LogP contribution >= 0.6 is 15.9 Å². The SMILES string of the molecule is FC(F)(F)C(F)(F)C(F)(F)C(F)(F)C(F)(F)C(F)(F)C(F)(F)C(F)(F)COC(F)(F)C(F)(F)Br. The lowest BCUT2D eigenvalue weighted by atomic mass is 9.89. The number of hydrogen-bond acceptors (Lipinski definition) is 1. The van der Waals surface area contributed by atoms with Crippen LogP contribution in [0.5, 0.6) is 0 Å². The van der Waals surface area contributed by atoms with Crippen LogP contribution in [0, 0.1) is 0 Å². The predicted octanol–water partition coefficient (Wildman–Crippen LogP) is 7.59. The van der Waals surface area contributed by atoms with Crippen molar-refractivity contribution >= 4 is 15.9 Å². The summed E-state index contributed by atoms with van der Waals surface area (Å²) < 4.78 is 271. The Bertz CT molecular complexity index is 730. The van der Waals surface area contributed by atoms with Gasteiger partial charge in [0.15, 0.2) is 0 Å². The highest BCUT2D eigenvalue weighted by Crippen LogP contribution is 2.64. The summed E-state index contributed by atoms with van der Waals surface area (Å²) >= 11 is 0.718. The Morgan fingerprint density at radius 3 is 0.941 bits per heavy atom. The van der Waals surface area contributed by atoms with E-state index in [1.807, 2.05) is 0 Å². The van der Waals surface area contributed by atoms with Crippen LogP contribution in [0.15, 0.2) is 0 Å². The van der Waals surface area contributed by atoms with Crippen molar-refractivity contribution in [3.63, 3.8) is 0 Å². The molecule has 0 spiro atoms. The van der Waals surface area contributed by atoms with E-state index in [1.54, 1.807) is 0 Å². The van der Waals surface area contributed by atoms with Crippen LogP contribution in [0.25, 0.3) is 0 Å². The molecule has 0 saturated carbocycles.